The number of halogens is 1. The van der Waals surface area contributed by atoms with Gasteiger partial charge in [-0.15, -0.1) is 0 Å². The molecule has 116 valence electrons. The molecule has 0 radical (unpaired) electrons. The van der Waals surface area contributed by atoms with E-state index >= 15 is 0 Å². The van der Waals surface area contributed by atoms with Crippen LogP contribution in [0.4, 0.5) is 10.3 Å². The van der Waals surface area contributed by atoms with Crippen LogP contribution in [-0.4, -0.2) is 35.1 Å². The van der Waals surface area contributed by atoms with Crippen LogP contribution >= 0.6 is 0 Å². The molecule has 5 nitrogen and oxygen atoms in total. The van der Waals surface area contributed by atoms with Crippen LogP contribution < -0.4 is 5.32 Å². The van der Waals surface area contributed by atoms with Crippen molar-refractivity contribution in [2.75, 3.05) is 26.0 Å². The Balaban J connectivity index is 1.84. The van der Waals surface area contributed by atoms with Gasteiger partial charge in [-0.2, -0.15) is 0 Å². The molecule has 2 aromatic heterocycles. The summed E-state index contributed by atoms with van der Waals surface area (Å²) in [7, 11) is 5.78. The number of nitrogens with zero attached hydrogens (tertiary/aromatic N) is 3. The lowest BCUT2D eigenvalue weighted by Gasteiger charge is -2.22. The number of rotatable bonds is 5. The van der Waals surface area contributed by atoms with E-state index in [1.165, 1.54) is 6.07 Å². The topological polar surface area (TPSA) is 46.2 Å². The molecule has 0 saturated carbocycles. The Morgan fingerprint density at radius 2 is 2.14 bits per heavy atom. The number of anilines is 1. The zero-order valence-corrected chi connectivity index (χ0v) is 12.9. The second-order valence-corrected chi connectivity index (χ2v) is 5.48. The van der Waals surface area contributed by atoms with Gasteiger partial charge in [0, 0.05) is 13.6 Å². The summed E-state index contributed by atoms with van der Waals surface area (Å²) in [5, 5.41) is 3.28. The van der Waals surface area contributed by atoms with Crippen molar-refractivity contribution in [2.45, 2.75) is 6.04 Å². The van der Waals surface area contributed by atoms with Crippen LogP contribution in [0, 0.1) is 5.82 Å². The van der Waals surface area contributed by atoms with Crippen LogP contribution in [0.1, 0.15) is 11.8 Å². The number of benzene rings is 1. The van der Waals surface area contributed by atoms with E-state index in [-0.39, 0.29) is 11.9 Å². The standard InChI is InChI=1S/C16H19FN4O/c1-20(2)13(14-8-5-9-22-14)10-18-16-19-12-7-4-6-11(17)15(12)21(16)3/h4-9,13H,10H2,1-3H3,(H,18,19). The number of aromatic nitrogens is 2. The van der Waals surface area contributed by atoms with E-state index in [1.807, 2.05) is 26.2 Å². The Bertz CT molecular complexity index is 764. The summed E-state index contributed by atoms with van der Waals surface area (Å²) in [5.74, 6) is 1.25. The third-order valence-corrected chi connectivity index (χ3v) is 3.79. The number of likely N-dealkylation sites (N-methyl/N-ethyl adjacent to an activating group) is 1. The molecule has 0 aliphatic carbocycles. The predicted octanol–water partition coefficient (Wildman–Crippen LogP) is 3.02. The van der Waals surface area contributed by atoms with E-state index in [2.05, 4.69) is 15.2 Å². The van der Waals surface area contributed by atoms with Crippen LogP contribution in [0.25, 0.3) is 11.0 Å². The minimum Gasteiger partial charge on any atom is -0.468 e. The third-order valence-electron chi connectivity index (χ3n) is 3.79. The molecule has 0 bridgehead atoms. The lowest BCUT2D eigenvalue weighted by atomic mass is 10.2. The van der Waals surface area contributed by atoms with Crippen molar-refractivity contribution in [3.8, 4) is 0 Å². The molecule has 3 rings (SSSR count). The Morgan fingerprint density at radius 3 is 2.77 bits per heavy atom. The Hall–Kier alpha value is -2.34. The first kappa shape index (κ1) is 14.6. The Kier molecular flexibility index (Phi) is 3.85. The van der Waals surface area contributed by atoms with Crippen molar-refractivity contribution in [1.29, 1.82) is 0 Å². The van der Waals surface area contributed by atoms with Crippen molar-refractivity contribution in [1.82, 2.24) is 14.5 Å². The summed E-state index contributed by atoms with van der Waals surface area (Å²) in [6.45, 7) is 0.610. The molecule has 0 amide bonds. The van der Waals surface area contributed by atoms with E-state index in [1.54, 1.807) is 30.0 Å². The number of imidazole rings is 1. The molecule has 1 unspecified atom stereocenters. The van der Waals surface area contributed by atoms with Crippen LogP contribution in [-0.2, 0) is 7.05 Å². The second kappa shape index (κ2) is 5.81. The fourth-order valence-electron chi connectivity index (χ4n) is 2.59. The molecule has 1 aromatic carbocycles. The van der Waals surface area contributed by atoms with Crippen LogP contribution in [0.15, 0.2) is 41.0 Å². The highest BCUT2D eigenvalue weighted by Gasteiger charge is 2.18. The van der Waals surface area contributed by atoms with Gasteiger partial charge in [-0.05, 0) is 38.4 Å². The van der Waals surface area contributed by atoms with Gasteiger partial charge >= 0.3 is 0 Å². The van der Waals surface area contributed by atoms with Crippen LogP contribution in [0.3, 0.4) is 0 Å². The van der Waals surface area contributed by atoms with Gasteiger partial charge in [0.2, 0.25) is 5.95 Å². The van der Waals surface area contributed by atoms with E-state index in [0.717, 1.165) is 5.76 Å². The number of nitrogens with one attached hydrogen (secondary N) is 1. The first-order valence-corrected chi connectivity index (χ1v) is 7.12. The molecule has 6 heteroatoms. The van der Waals surface area contributed by atoms with E-state index in [0.29, 0.717) is 23.5 Å². The van der Waals surface area contributed by atoms with Gasteiger partial charge in [0.25, 0.3) is 0 Å². The van der Waals surface area contributed by atoms with Gasteiger partial charge < -0.3 is 14.3 Å². The smallest absolute Gasteiger partial charge is 0.203 e. The summed E-state index contributed by atoms with van der Waals surface area (Å²) in [5.41, 5.74) is 1.15. The SMILES string of the molecule is CN(C)C(CNc1nc2cccc(F)c2n1C)c1ccco1. The number of aryl methyl sites for hydroxylation is 1. The maximum Gasteiger partial charge on any atom is 0.203 e. The fraction of sp³-hybridized carbons (Fsp3) is 0.312. The highest BCUT2D eigenvalue weighted by atomic mass is 19.1. The minimum absolute atomic E-state index is 0.0691. The first-order chi connectivity index (χ1) is 10.6. The summed E-state index contributed by atoms with van der Waals surface area (Å²) in [4.78, 5) is 6.51. The molecule has 3 aromatic rings. The van der Waals surface area contributed by atoms with Crippen molar-refractivity contribution < 1.29 is 8.81 Å². The monoisotopic (exact) mass is 302 g/mol. The van der Waals surface area contributed by atoms with Gasteiger partial charge in [0.05, 0.1) is 17.8 Å². The van der Waals surface area contributed by atoms with Gasteiger partial charge in [0.1, 0.15) is 17.1 Å². The fourth-order valence-corrected chi connectivity index (χ4v) is 2.59. The molecule has 1 atom stereocenters. The summed E-state index contributed by atoms with van der Waals surface area (Å²) in [6.07, 6.45) is 1.66. The number of furan rings is 1. The highest BCUT2D eigenvalue weighted by molar-refractivity contribution is 5.79. The van der Waals surface area contributed by atoms with Crippen LogP contribution in [0.2, 0.25) is 0 Å². The molecular weight excluding hydrogens is 283 g/mol. The number of hydrogen-bond donors (Lipinski definition) is 1. The molecule has 2 heterocycles. The third kappa shape index (κ3) is 2.57. The number of fused-ring (bicyclic) bond motifs is 1. The molecule has 22 heavy (non-hydrogen) atoms. The van der Waals surface area contributed by atoms with Gasteiger partial charge in [-0.25, -0.2) is 9.37 Å². The molecule has 1 N–H and O–H groups in total. The average molecular weight is 302 g/mol. The quantitative estimate of drug-likeness (QED) is 0.787. The zero-order valence-electron chi connectivity index (χ0n) is 12.9. The van der Waals surface area contributed by atoms with Crippen molar-refractivity contribution in [3.63, 3.8) is 0 Å². The summed E-state index contributed by atoms with van der Waals surface area (Å²) in [6, 6.07) is 8.80. The van der Waals surface area contributed by atoms with Gasteiger partial charge in [-0.3, -0.25) is 4.90 Å². The molecular formula is C16H19FN4O. The number of para-hydroxylation sites is 1. The first-order valence-electron chi connectivity index (χ1n) is 7.12. The minimum atomic E-state index is -0.268. The van der Waals surface area contributed by atoms with Crippen molar-refractivity contribution >= 4 is 17.0 Å². The lowest BCUT2D eigenvalue weighted by Crippen LogP contribution is -2.27. The van der Waals surface area contributed by atoms with Crippen molar-refractivity contribution in [3.05, 3.63) is 48.2 Å². The van der Waals surface area contributed by atoms with Crippen LogP contribution in [0.5, 0.6) is 0 Å². The van der Waals surface area contributed by atoms with E-state index in [9.17, 15) is 4.39 Å². The predicted molar refractivity (Wildman–Crippen MR) is 84.3 cm³/mol. The Morgan fingerprint density at radius 1 is 1.32 bits per heavy atom. The van der Waals surface area contributed by atoms with E-state index in [4.69, 9.17) is 4.42 Å². The maximum absolute atomic E-state index is 13.9. The molecule has 0 aliphatic heterocycles. The zero-order chi connectivity index (χ0) is 15.7. The number of hydrogen-bond acceptors (Lipinski definition) is 4. The highest BCUT2D eigenvalue weighted by Crippen LogP contribution is 2.23. The lowest BCUT2D eigenvalue weighted by molar-refractivity contribution is 0.269. The maximum atomic E-state index is 13.9. The summed E-state index contributed by atoms with van der Waals surface area (Å²) >= 11 is 0. The molecule has 0 spiro atoms. The molecule has 0 saturated heterocycles. The van der Waals surface area contributed by atoms with Gasteiger partial charge in [-0.1, -0.05) is 6.07 Å². The Labute approximate surface area is 128 Å². The van der Waals surface area contributed by atoms with Crippen molar-refractivity contribution in [2.24, 2.45) is 7.05 Å². The summed E-state index contributed by atoms with van der Waals surface area (Å²) < 4.78 is 21.1. The average Bonchev–Trinajstić information content (AvgIpc) is 3.09. The van der Waals surface area contributed by atoms with Gasteiger partial charge in [0.15, 0.2) is 0 Å². The normalized spacial score (nSPS) is 13.0. The molecule has 0 fully saturated rings. The van der Waals surface area contributed by atoms with E-state index < -0.39 is 0 Å². The molecule has 0 aliphatic rings. The second-order valence-electron chi connectivity index (χ2n) is 5.48. The largest absolute Gasteiger partial charge is 0.468 e.